The van der Waals surface area contributed by atoms with Crippen LogP contribution >= 0.6 is 11.6 Å². The first-order valence-corrected chi connectivity index (χ1v) is 13.0. The molecular formula is C28H39ClN2O4. The second-order valence-electron chi connectivity index (χ2n) is 9.05. The molecule has 0 atom stereocenters. The molecule has 0 aromatic heterocycles. The zero-order valence-electron chi connectivity index (χ0n) is 21.0. The number of carbonyl (C=O) groups is 2. The predicted molar refractivity (Wildman–Crippen MR) is 143 cm³/mol. The molecule has 0 spiro atoms. The van der Waals surface area contributed by atoms with E-state index in [0.717, 1.165) is 18.4 Å². The van der Waals surface area contributed by atoms with Crippen LogP contribution in [-0.4, -0.2) is 23.5 Å². The Hall–Kier alpha value is -2.73. The first kappa shape index (κ1) is 28.5. The lowest BCUT2D eigenvalue weighted by Gasteiger charge is -2.13. The van der Waals surface area contributed by atoms with E-state index in [2.05, 4.69) is 12.2 Å². The maximum Gasteiger partial charge on any atom is 0.249 e. The van der Waals surface area contributed by atoms with Crippen LogP contribution in [0.25, 0.3) is 0 Å². The molecule has 0 fully saturated rings. The Morgan fingerprint density at radius 3 is 2.20 bits per heavy atom. The van der Waals surface area contributed by atoms with Crippen molar-refractivity contribution in [3.63, 3.8) is 0 Å². The van der Waals surface area contributed by atoms with Crippen molar-refractivity contribution in [2.45, 2.75) is 84.5 Å². The van der Waals surface area contributed by atoms with Crippen molar-refractivity contribution >= 4 is 29.1 Å². The Bertz CT molecular complexity index is 978. The number of amides is 2. The van der Waals surface area contributed by atoms with Gasteiger partial charge in [-0.3, -0.25) is 9.59 Å². The highest BCUT2D eigenvalue weighted by Gasteiger charge is 2.14. The molecule has 0 radical (unpaired) electrons. The van der Waals surface area contributed by atoms with Crippen LogP contribution in [-0.2, 0) is 11.2 Å². The monoisotopic (exact) mass is 502 g/mol. The van der Waals surface area contributed by atoms with E-state index in [4.69, 9.17) is 22.1 Å². The Labute approximate surface area is 214 Å². The third kappa shape index (κ3) is 10.2. The lowest BCUT2D eigenvalue weighted by atomic mass is 9.98. The number of benzene rings is 2. The van der Waals surface area contributed by atoms with E-state index < -0.39 is 5.91 Å². The Morgan fingerprint density at radius 2 is 1.60 bits per heavy atom. The van der Waals surface area contributed by atoms with Crippen LogP contribution in [0.4, 0.5) is 5.69 Å². The van der Waals surface area contributed by atoms with Crippen LogP contribution in [0, 0.1) is 0 Å². The molecule has 4 N–H and O–H groups in total. The van der Waals surface area contributed by atoms with E-state index in [0.29, 0.717) is 29.9 Å². The second-order valence-corrected chi connectivity index (χ2v) is 9.45. The summed E-state index contributed by atoms with van der Waals surface area (Å²) in [6, 6.07) is 8.54. The molecule has 2 amide bonds. The van der Waals surface area contributed by atoms with E-state index in [1.54, 1.807) is 18.2 Å². The highest BCUT2D eigenvalue weighted by molar-refractivity contribution is 6.32. The molecule has 0 aliphatic heterocycles. The van der Waals surface area contributed by atoms with Gasteiger partial charge in [0.2, 0.25) is 11.8 Å². The normalized spacial score (nSPS) is 10.8. The molecule has 2 aromatic carbocycles. The van der Waals surface area contributed by atoms with Crippen molar-refractivity contribution in [2.75, 3.05) is 11.9 Å². The van der Waals surface area contributed by atoms with Gasteiger partial charge in [-0.15, -0.1) is 0 Å². The largest absolute Gasteiger partial charge is 0.504 e. The molecule has 2 aromatic rings. The minimum Gasteiger partial charge on any atom is -0.504 e. The van der Waals surface area contributed by atoms with Crippen molar-refractivity contribution in [3.8, 4) is 11.5 Å². The van der Waals surface area contributed by atoms with Crippen molar-refractivity contribution in [2.24, 2.45) is 5.73 Å². The van der Waals surface area contributed by atoms with Crippen LogP contribution in [0.5, 0.6) is 11.5 Å². The number of phenols is 1. The van der Waals surface area contributed by atoms with Gasteiger partial charge in [-0.2, -0.15) is 0 Å². The van der Waals surface area contributed by atoms with Crippen molar-refractivity contribution < 1.29 is 19.4 Å². The molecule has 0 aliphatic carbocycles. The predicted octanol–water partition coefficient (Wildman–Crippen LogP) is 6.99. The van der Waals surface area contributed by atoms with Gasteiger partial charge in [0.1, 0.15) is 5.75 Å². The number of phenolic OH excluding ortho intramolecular Hbond substituents is 1. The number of anilines is 1. The number of hydrogen-bond donors (Lipinski definition) is 3. The van der Waals surface area contributed by atoms with Crippen LogP contribution in [0.2, 0.25) is 5.02 Å². The molecule has 7 heteroatoms. The molecule has 2 rings (SSSR count). The third-order valence-electron chi connectivity index (χ3n) is 5.94. The minimum atomic E-state index is -0.545. The fourth-order valence-corrected chi connectivity index (χ4v) is 4.31. The summed E-state index contributed by atoms with van der Waals surface area (Å²) in [5.74, 6) is -0.454. The SMILES string of the molecule is CCCCCCCCCCCCOc1ccc(Cc2cc(Cl)c(O)c(NC(C)=O)c2)c(C(N)=O)c1. The van der Waals surface area contributed by atoms with Crippen molar-refractivity contribution in [1.82, 2.24) is 0 Å². The average molecular weight is 503 g/mol. The van der Waals surface area contributed by atoms with Crippen LogP contribution in [0.15, 0.2) is 30.3 Å². The molecule has 0 heterocycles. The van der Waals surface area contributed by atoms with Gasteiger partial charge in [-0.1, -0.05) is 82.4 Å². The molecule has 35 heavy (non-hydrogen) atoms. The van der Waals surface area contributed by atoms with E-state index >= 15 is 0 Å². The van der Waals surface area contributed by atoms with Crippen molar-refractivity contribution in [1.29, 1.82) is 0 Å². The van der Waals surface area contributed by atoms with E-state index in [9.17, 15) is 14.7 Å². The summed E-state index contributed by atoms with van der Waals surface area (Å²) in [6.45, 7) is 4.19. The van der Waals surface area contributed by atoms with Gasteiger partial charge in [-0.25, -0.2) is 0 Å². The first-order chi connectivity index (χ1) is 16.8. The number of ether oxygens (including phenoxy) is 1. The second kappa shape index (κ2) is 15.3. The standard InChI is InChI=1S/C28H39ClN2O4/c1-3-4-5-6-7-8-9-10-11-12-15-35-23-14-13-22(24(19-23)28(30)34)16-21-17-25(29)27(33)26(18-21)31-20(2)32/h13-14,17-19,33H,3-12,15-16H2,1-2H3,(H2,30,34)(H,31,32). The van der Waals surface area contributed by atoms with Crippen molar-refractivity contribution in [3.05, 3.63) is 52.0 Å². The van der Waals surface area contributed by atoms with Crippen LogP contribution in [0.3, 0.4) is 0 Å². The summed E-state index contributed by atoms with van der Waals surface area (Å²) in [4.78, 5) is 23.5. The summed E-state index contributed by atoms with van der Waals surface area (Å²) >= 11 is 6.12. The zero-order chi connectivity index (χ0) is 25.6. The van der Waals surface area contributed by atoms with Gasteiger partial charge in [0, 0.05) is 12.5 Å². The smallest absolute Gasteiger partial charge is 0.249 e. The quantitative estimate of drug-likeness (QED) is 0.170. The minimum absolute atomic E-state index is 0.114. The number of nitrogens with one attached hydrogen (secondary N) is 1. The third-order valence-corrected chi connectivity index (χ3v) is 6.23. The van der Waals surface area contributed by atoms with Gasteiger partial charge in [0.15, 0.2) is 5.75 Å². The molecule has 0 saturated heterocycles. The fourth-order valence-electron chi connectivity index (χ4n) is 4.07. The van der Waals surface area contributed by atoms with Gasteiger partial charge < -0.3 is 20.9 Å². The number of carbonyl (C=O) groups excluding carboxylic acids is 2. The first-order valence-electron chi connectivity index (χ1n) is 12.7. The van der Waals surface area contributed by atoms with Gasteiger partial charge in [-0.05, 0) is 48.2 Å². The molecule has 0 saturated carbocycles. The Kier molecular flexibility index (Phi) is 12.5. The lowest BCUT2D eigenvalue weighted by Crippen LogP contribution is -2.14. The van der Waals surface area contributed by atoms with Gasteiger partial charge in [0.05, 0.1) is 17.3 Å². The molecule has 192 valence electrons. The maximum absolute atomic E-state index is 12.1. The molecule has 0 unspecified atom stereocenters. The van der Waals surface area contributed by atoms with Crippen LogP contribution in [0.1, 0.15) is 99.5 Å². The lowest BCUT2D eigenvalue weighted by molar-refractivity contribution is -0.114. The number of hydrogen-bond acceptors (Lipinski definition) is 4. The maximum atomic E-state index is 12.1. The Morgan fingerprint density at radius 1 is 0.971 bits per heavy atom. The summed E-state index contributed by atoms with van der Waals surface area (Å²) in [5.41, 5.74) is 7.65. The zero-order valence-corrected chi connectivity index (χ0v) is 21.8. The average Bonchev–Trinajstić information content (AvgIpc) is 2.81. The van der Waals surface area contributed by atoms with E-state index in [1.807, 2.05) is 12.1 Å². The van der Waals surface area contributed by atoms with Gasteiger partial charge >= 0.3 is 0 Å². The number of unbranched alkanes of at least 4 members (excludes halogenated alkanes) is 9. The summed E-state index contributed by atoms with van der Waals surface area (Å²) in [7, 11) is 0. The van der Waals surface area contributed by atoms with Crippen LogP contribution < -0.4 is 15.8 Å². The fraction of sp³-hybridized carbons (Fsp3) is 0.500. The highest BCUT2D eigenvalue weighted by atomic mass is 35.5. The molecular weight excluding hydrogens is 464 g/mol. The van der Waals surface area contributed by atoms with E-state index in [-0.39, 0.29) is 22.4 Å². The summed E-state index contributed by atoms with van der Waals surface area (Å²) in [5, 5.41) is 12.8. The molecule has 0 aliphatic rings. The molecule has 0 bridgehead atoms. The summed E-state index contributed by atoms with van der Waals surface area (Å²) < 4.78 is 5.86. The number of nitrogens with two attached hydrogens (primary N) is 1. The summed E-state index contributed by atoms with van der Waals surface area (Å²) in [6.07, 6.45) is 13.0. The van der Waals surface area contributed by atoms with E-state index in [1.165, 1.54) is 58.3 Å². The number of aromatic hydroxyl groups is 1. The molecule has 6 nitrogen and oxygen atoms in total. The number of rotatable bonds is 16. The highest BCUT2D eigenvalue weighted by Crippen LogP contribution is 2.34. The Balaban J connectivity index is 1.88. The number of primary amides is 1. The van der Waals surface area contributed by atoms with Gasteiger partial charge in [0.25, 0.3) is 0 Å². The topological polar surface area (TPSA) is 102 Å². The number of halogens is 1.